The molecule has 5 heteroatoms. The highest BCUT2D eigenvalue weighted by Crippen LogP contribution is 2.31. The quantitative estimate of drug-likeness (QED) is 0.363. The molecule has 0 radical (unpaired) electrons. The molecule has 0 spiro atoms. The van der Waals surface area contributed by atoms with Crippen LogP contribution in [0.4, 0.5) is 5.69 Å². The minimum Gasteiger partial charge on any atom is -0.507 e. The van der Waals surface area contributed by atoms with Gasteiger partial charge >= 0.3 is 0 Å². The van der Waals surface area contributed by atoms with Crippen molar-refractivity contribution in [2.75, 3.05) is 5.75 Å². The van der Waals surface area contributed by atoms with E-state index in [4.69, 9.17) is 0 Å². The summed E-state index contributed by atoms with van der Waals surface area (Å²) in [5, 5.41) is 19.9. The van der Waals surface area contributed by atoms with Crippen LogP contribution in [0.5, 0.6) is 5.75 Å². The summed E-state index contributed by atoms with van der Waals surface area (Å²) < 4.78 is 0. The van der Waals surface area contributed by atoms with E-state index in [0.717, 1.165) is 18.6 Å². The van der Waals surface area contributed by atoms with Gasteiger partial charge in [0.05, 0.1) is 11.0 Å². The fourth-order valence-corrected chi connectivity index (χ4v) is 2.09. The highest BCUT2D eigenvalue weighted by molar-refractivity contribution is 7.99. The molecule has 0 aliphatic carbocycles. The summed E-state index contributed by atoms with van der Waals surface area (Å²) in [6.45, 7) is 2.09. The highest BCUT2D eigenvalue weighted by Gasteiger charge is 2.09. The summed E-state index contributed by atoms with van der Waals surface area (Å²) in [4.78, 5) is 10.6. The van der Waals surface area contributed by atoms with E-state index in [1.165, 1.54) is 23.9 Å². The van der Waals surface area contributed by atoms with Crippen LogP contribution >= 0.6 is 11.8 Å². The average molecular weight is 227 g/mol. The van der Waals surface area contributed by atoms with Gasteiger partial charge in [0.25, 0.3) is 5.69 Å². The van der Waals surface area contributed by atoms with Crippen LogP contribution < -0.4 is 0 Å². The van der Waals surface area contributed by atoms with Gasteiger partial charge in [-0.05, 0) is 18.2 Å². The van der Waals surface area contributed by atoms with E-state index in [0.29, 0.717) is 4.90 Å². The molecule has 82 valence electrons. The maximum absolute atomic E-state index is 10.4. The molecule has 0 atom stereocenters. The third-order valence-electron chi connectivity index (χ3n) is 1.91. The number of non-ortho nitro benzene ring substituents is 1. The smallest absolute Gasteiger partial charge is 0.273 e. The monoisotopic (exact) mass is 227 g/mol. The molecule has 1 rings (SSSR count). The predicted molar refractivity (Wildman–Crippen MR) is 60.4 cm³/mol. The zero-order valence-corrected chi connectivity index (χ0v) is 9.29. The molecule has 1 aromatic carbocycles. The lowest BCUT2D eigenvalue weighted by atomic mass is 10.3. The Balaban J connectivity index is 2.70. The van der Waals surface area contributed by atoms with Gasteiger partial charge in [-0.1, -0.05) is 13.3 Å². The van der Waals surface area contributed by atoms with E-state index < -0.39 is 4.92 Å². The summed E-state index contributed by atoms with van der Waals surface area (Å²) in [6.07, 6.45) is 2.17. The average Bonchev–Trinajstić information content (AvgIpc) is 2.20. The van der Waals surface area contributed by atoms with Gasteiger partial charge in [0.1, 0.15) is 5.75 Å². The first-order chi connectivity index (χ1) is 7.15. The lowest BCUT2D eigenvalue weighted by Crippen LogP contribution is -1.88. The number of phenolic OH excluding ortho intramolecular Hbond substituents is 1. The van der Waals surface area contributed by atoms with Crippen molar-refractivity contribution in [1.29, 1.82) is 0 Å². The second-order valence-electron chi connectivity index (χ2n) is 3.11. The van der Waals surface area contributed by atoms with Gasteiger partial charge in [-0.2, -0.15) is 0 Å². The van der Waals surface area contributed by atoms with E-state index in [1.54, 1.807) is 6.07 Å². The number of benzene rings is 1. The number of nitrogens with zero attached hydrogens (tertiary/aromatic N) is 1. The van der Waals surface area contributed by atoms with Crippen LogP contribution in [0.2, 0.25) is 0 Å². The summed E-state index contributed by atoms with van der Waals surface area (Å²) in [7, 11) is 0. The summed E-state index contributed by atoms with van der Waals surface area (Å²) in [6, 6.07) is 4.19. The van der Waals surface area contributed by atoms with Gasteiger partial charge in [0.2, 0.25) is 0 Å². The number of thioether (sulfide) groups is 1. The van der Waals surface area contributed by atoms with Gasteiger partial charge in [0, 0.05) is 11.0 Å². The standard InChI is InChI=1S/C10H13NO3S/c1-2-3-6-15-10-5-4-8(11(13)14)7-9(10)12/h4-5,7,12H,2-3,6H2,1H3. The molecule has 1 aromatic rings. The van der Waals surface area contributed by atoms with Crippen LogP contribution in [0.15, 0.2) is 23.1 Å². The maximum Gasteiger partial charge on any atom is 0.273 e. The molecule has 0 saturated heterocycles. The van der Waals surface area contributed by atoms with Gasteiger partial charge in [-0.15, -0.1) is 11.8 Å². The molecule has 0 heterocycles. The predicted octanol–water partition coefficient (Wildman–Crippen LogP) is 3.19. The first-order valence-electron chi connectivity index (χ1n) is 4.75. The van der Waals surface area contributed by atoms with E-state index >= 15 is 0 Å². The normalized spacial score (nSPS) is 10.2. The molecule has 0 aliphatic heterocycles. The second-order valence-corrected chi connectivity index (χ2v) is 4.25. The van der Waals surface area contributed by atoms with Crippen molar-refractivity contribution in [1.82, 2.24) is 0 Å². The highest BCUT2D eigenvalue weighted by atomic mass is 32.2. The van der Waals surface area contributed by atoms with E-state index in [1.807, 2.05) is 0 Å². The van der Waals surface area contributed by atoms with Crippen LogP contribution in [-0.4, -0.2) is 15.8 Å². The van der Waals surface area contributed by atoms with Crippen molar-refractivity contribution in [3.63, 3.8) is 0 Å². The maximum atomic E-state index is 10.4. The Kier molecular flexibility index (Phi) is 4.42. The Morgan fingerprint density at radius 3 is 2.80 bits per heavy atom. The van der Waals surface area contributed by atoms with Crippen LogP contribution in [-0.2, 0) is 0 Å². The minimum absolute atomic E-state index is 0.00898. The van der Waals surface area contributed by atoms with Crippen molar-refractivity contribution in [3.8, 4) is 5.75 Å². The molecule has 0 saturated carbocycles. The van der Waals surface area contributed by atoms with Crippen molar-refractivity contribution in [2.45, 2.75) is 24.7 Å². The van der Waals surface area contributed by atoms with Crippen molar-refractivity contribution in [2.24, 2.45) is 0 Å². The Labute approximate surface area is 92.5 Å². The number of nitro benzene ring substituents is 1. The van der Waals surface area contributed by atoms with Crippen LogP contribution in [0.1, 0.15) is 19.8 Å². The van der Waals surface area contributed by atoms with Gasteiger partial charge in [-0.3, -0.25) is 10.1 Å². The summed E-state index contributed by atoms with van der Waals surface area (Å²) in [5.74, 6) is 0.910. The third-order valence-corrected chi connectivity index (χ3v) is 3.06. The Hall–Kier alpha value is -1.23. The molecule has 15 heavy (non-hydrogen) atoms. The Morgan fingerprint density at radius 2 is 2.27 bits per heavy atom. The molecule has 0 bridgehead atoms. The third kappa shape index (κ3) is 3.43. The topological polar surface area (TPSA) is 63.4 Å². The number of hydrogen-bond donors (Lipinski definition) is 1. The zero-order valence-electron chi connectivity index (χ0n) is 8.47. The van der Waals surface area contributed by atoms with E-state index in [9.17, 15) is 15.2 Å². The molecular weight excluding hydrogens is 214 g/mol. The SMILES string of the molecule is CCCCSc1ccc([N+](=O)[O-])cc1O. The van der Waals surface area contributed by atoms with Gasteiger partial charge in [0.15, 0.2) is 0 Å². The fourth-order valence-electron chi connectivity index (χ4n) is 1.07. The van der Waals surface area contributed by atoms with Gasteiger partial charge in [-0.25, -0.2) is 0 Å². The first-order valence-corrected chi connectivity index (χ1v) is 5.74. The molecule has 0 aliphatic rings. The van der Waals surface area contributed by atoms with Crippen molar-refractivity contribution >= 4 is 17.4 Å². The number of hydrogen-bond acceptors (Lipinski definition) is 4. The molecular formula is C10H13NO3S. The van der Waals surface area contributed by atoms with E-state index in [2.05, 4.69) is 6.92 Å². The molecule has 0 fully saturated rings. The van der Waals surface area contributed by atoms with Crippen LogP contribution in [0.3, 0.4) is 0 Å². The summed E-state index contributed by atoms with van der Waals surface area (Å²) in [5.41, 5.74) is -0.0765. The molecule has 0 aromatic heterocycles. The van der Waals surface area contributed by atoms with E-state index in [-0.39, 0.29) is 11.4 Å². The van der Waals surface area contributed by atoms with Crippen LogP contribution in [0.25, 0.3) is 0 Å². The Bertz CT molecular complexity index is 355. The first kappa shape index (κ1) is 11.8. The molecule has 1 N–H and O–H groups in total. The van der Waals surface area contributed by atoms with Crippen molar-refractivity contribution < 1.29 is 10.0 Å². The lowest BCUT2D eigenvalue weighted by molar-refractivity contribution is -0.385. The number of rotatable bonds is 5. The number of unbranched alkanes of at least 4 members (excludes halogenated alkanes) is 1. The number of phenols is 1. The molecule has 0 amide bonds. The molecule has 0 unspecified atom stereocenters. The number of aromatic hydroxyl groups is 1. The molecule has 4 nitrogen and oxygen atoms in total. The summed E-state index contributed by atoms with van der Waals surface area (Å²) >= 11 is 1.52. The van der Waals surface area contributed by atoms with Gasteiger partial charge < -0.3 is 5.11 Å². The minimum atomic E-state index is -0.514. The van der Waals surface area contributed by atoms with Crippen molar-refractivity contribution in [3.05, 3.63) is 28.3 Å². The zero-order chi connectivity index (χ0) is 11.3. The second kappa shape index (κ2) is 5.60. The fraction of sp³-hybridized carbons (Fsp3) is 0.400. The largest absolute Gasteiger partial charge is 0.507 e. The lowest BCUT2D eigenvalue weighted by Gasteiger charge is -2.03. The number of nitro groups is 1. The Morgan fingerprint density at radius 1 is 1.53 bits per heavy atom. The van der Waals surface area contributed by atoms with Crippen LogP contribution in [0, 0.1) is 10.1 Å².